The molecule has 1 aromatic rings. The van der Waals surface area contributed by atoms with Crippen LogP contribution in [0, 0.1) is 0 Å². The van der Waals surface area contributed by atoms with Crippen molar-refractivity contribution in [3.63, 3.8) is 0 Å². The predicted octanol–water partition coefficient (Wildman–Crippen LogP) is 2.13. The zero-order valence-electron chi connectivity index (χ0n) is 10.1. The molecule has 2 N–H and O–H groups in total. The molecular formula is C14H22N2. The molecule has 1 saturated heterocycles. The quantitative estimate of drug-likeness (QED) is 0.809. The predicted molar refractivity (Wildman–Crippen MR) is 68.8 cm³/mol. The minimum Gasteiger partial charge on any atom is -0.315 e. The fraction of sp³-hybridized carbons (Fsp3) is 0.571. The van der Waals surface area contributed by atoms with Gasteiger partial charge in [0, 0.05) is 18.5 Å². The van der Waals surface area contributed by atoms with Gasteiger partial charge in [0.15, 0.2) is 0 Å². The van der Waals surface area contributed by atoms with Gasteiger partial charge in [0.05, 0.1) is 0 Å². The zero-order chi connectivity index (χ0) is 11.2. The molecule has 2 rings (SSSR count). The van der Waals surface area contributed by atoms with E-state index in [2.05, 4.69) is 47.9 Å². The highest BCUT2D eigenvalue weighted by atomic mass is 15.0. The van der Waals surface area contributed by atoms with Crippen LogP contribution in [-0.4, -0.2) is 25.7 Å². The Labute approximate surface area is 98.4 Å². The Hall–Kier alpha value is -0.860. The molecular weight excluding hydrogens is 196 g/mol. The van der Waals surface area contributed by atoms with E-state index in [1.807, 2.05) is 0 Å². The molecule has 1 heterocycles. The largest absolute Gasteiger partial charge is 0.315 e. The van der Waals surface area contributed by atoms with E-state index < -0.39 is 0 Å². The first-order valence-corrected chi connectivity index (χ1v) is 6.41. The summed E-state index contributed by atoms with van der Waals surface area (Å²) in [5.41, 5.74) is 1.48. The third kappa shape index (κ3) is 2.83. The maximum atomic E-state index is 3.66. The van der Waals surface area contributed by atoms with Crippen molar-refractivity contribution in [2.75, 3.05) is 19.6 Å². The molecule has 16 heavy (non-hydrogen) atoms. The van der Waals surface area contributed by atoms with E-state index in [0.717, 1.165) is 19.6 Å². The van der Waals surface area contributed by atoms with Crippen LogP contribution in [0.15, 0.2) is 30.3 Å². The summed E-state index contributed by atoms with van der Waals surface area (Å²) in [6.07, 6.45) is 2.45. The lowest BCUT2D eigenvalue weighted by atomic mass is 9.86. The molecule has 0 aromatic heterocycles. The van der Waals surface area contributed by atoms with Crippen LogP contribution in [0.2, 0.25) is 0 Å². The van der Waals surface area contributed by atoms with Crippen LogP contribution in [-0.2, 0) is 0 Å². The summed E-state index contributed by atoms with van der Waals surface area (Å²) in [5, 5.41) is 7.14. The average Bonchev–Trinajstić information content (AvgIpc) is 2.38. The molecule has 2 nitrogen and oxygen atoms in total. The van der Waals surface area contributed by atoms with Crippen LogP contribution in [0.1, 0.15) is 31.2 Å². The van der Waals surface area contributed by atoms with Crippen molar-refractivity contribution >= 4 is 0 Å². The lowest BCUT2D eigenvalue weighted by molar-refractivity contribution is 0.344. The summed E-state index contributed by atoms with van der Waals surface area (Å²) in [7, 11) is 0. The normalized spacial score (nSPS) is 25.6. The highest BCUT2D eigenvalue weighted by molar-refractivity contribution is 5.22. The van der Waals surface area contributed by atoms with Crippen LogP contribution in [0.25, 0.3) is 0 Å². The molecule has 0 saturated carbocycles. The Morgan fingerprint density at radius 3 is 2.88 bits per heavy atom. The van der Waals surface area contributed by atoms with E-state index in [4.69, 9.17) is 0 Å². The van der Waals surface area contributed by atoms with Gasteiger partial charge >= 0.3 is 0 Å². The second-order valence-electron chi connectivity index (χ2n) is 4.57. The van der Waals surface area contributed by atoms with Gasteiger partial charge in [-0.3, -0.25) is 0 Å². The fourth-order valence-electron chi connectivity index (χ4n) is 2.50. The first-order chi connectivity index (χ1) is 7.92. The number of rotatable bonds is 4. The van der Waals surface area contributed by atoms with Crippen molar-refractivity contribution in [3.8, 4) is 0 Å². The summed E-state index contributed by atoms with van der Waals surface area (Å²) in [4.78, 5) is 0. The third-order valence-corrected chi connectivity index (χ3v) is 3.37. The monoisotopic (exact) mass is 218 g/mol. The highest BCUT2D eigenvalue weighted by Gasteiger charge is 2.25. The Morgan fingerprint density at radius 1 is 1.31 bits per heavy atom. The molecule has 1 aliphatic rings. The van der Waals surface area contributed by atoms with Crippen molar-refractivity contribution in [2.45, 2.75) is 31.7 Å². The van der Waals surface area contributed by atoms with E-state index in [-0.39, 0.29) is 0 Å². The molecule has 0 amide bonds. The van der Waals surface area contributed by atoms with Crippen LogP contribution in [0.4, 0.5) is 0 Å². The van der Waals surface area contributed by atoms with E-state index in [1.165, 1.54) is 18.4 Å². The van der Waals surface area contributed by atoms with Crippen LogP contribution < -0.4 is 10.6 Å². The molecule has 1 aliphatic heterocycles. The SMILES string of the molecule is CCCNC1CNCCC1c1ccccc1. The molecule has 1 aromatic carbocycles. The van der Waals surface area contributed by atoms with Gasteiger partial charge in [0.25, 0.3) is 0 Å². The second kappa shape index (κ2) is 6.02. The topological polar surface area (TPSA) is 24.1 Å². The average molecular weight is 218 g/mol. The molecule has 0 bridgehead atoms. The van der Waals surface area contributed by atoms with Gasteiger partial charge < -0.3 is 10.6 Å². The number of hydrogen-bond acceptors (Lipinski definition) is 2. The minimum atomic E-state index is 0.594. The molecule has 1 fully saturated rings. The molecule has 2 heteroatoms. The molecule has 2 atom stereocenters. The van der Waals surface area contributed by atoms with Crippen LogP contribution in [0.5, 0.6) is 0 Å². The molecule has 2 unspecified atom stereocenters. The third-order valence-electron chi connectivity index (χ3n) is 3.37. The first-order valence-electron chi connectivity index (χ1n) is 6.41. The van der Waals surface area contributed by atoms with Crippen molar-refractivity contribution in [1.29, 1.82) is 0 Å². The van der Waals surface area contributed by atoms with E-state index in [0.29, 0.717) is 12.0 Å². The Bertz CT molecular complexity index is 297. The lowest BCUT2D eigenvalue weighted by Gasteiger charge is -2.33. The maximum absolute atomic E-state index is 3.66. The van der Waals surface area contributed by atoms with Crippen LogP contribution in [0.3, 0.4) is 0 Å². The van der Waals surface area contributed by atoms with Gasteiger partial charge in [0.1, 0.15) is 0 Å². The lowest BCUT2D eigenvalue weighted by Crippen LogP contribution is -2.48. The smallest absolute Gasteiger partial charge is 0.0261 e. The van der Waals surface area contributed by atoms with Crippen molar-refractivity contribution in [2.24, 2.45) is 0 Å². The molecule has 0 radical (unpaired) electrons. The van der Waals surface area contributed by atoms with Gasteiger partial charge in [-0.15, -0.1) is 0 Å². The summed E-state index contributed by atoms with van der Waals surface area (Å²) >= 11 is 0. The van der Waals surface area contributed by atoms with Gasteiger partial charge in [0.2, 0.25) is 0 Å². The van der Waals surface area contributed by atoms with Gasteiger partial charge in [-0.25, -0.2) is 0 Å². The van der Waals surface area contributed by atoms with Crippen molar-refractivity contribution in [1.82, 2.24) is 10.6 Å². The Kier molecular flexibility index (Phi) is 4.37. The first kappa shape index (κ1) is 11.6. The van der Waals surface area contributed by atoms with Gasteiger partial charge in [-0.1, -0.05) is 37.3 Å². The zero-order valence-corrected chi connectivity index (χ0v) is 10.1. The number of benzene rings is 1. The Balaban J connectivity index is 2.04. The number of hydrogen-bond donors (Lipinski definition) is 2. The molecule has 0 aliphatic carbocycles. The summed E-state index contributed by atoms with van der Waals surface area (Å²) in [6, 6.07) is 11.5. The summed E-state index contributed by atoms with van der Waals surface area (Å²) < 4.78 is 0. The summed E-state index contributed by atoms with van der Waals surface area (Å²) in [6.45, 7) is 5.58. The van der Waals surface area contributed by atoms with Gasteiger partial charge in [-0.05, 0) is 31.5 Å². The van der Waals surface area contributed by atoms with Crippen molar-refractivity contribution < 1.29 is 0 Å². The van der Waals surface area contributed by atoms with E-state index in [1.54, 1.807) is 0 Å². The molecule has 0 spiro atoms. The highest BCUT2D eigenvalue weighted by Crippen LogP contribution is 2.25. The fourth-order valence-corrected chi connectivity index (χ4v) is 2.50. The maximum Gasteiger partial charge on any atom is 0.0261 e. The van der Waals surface area contributed by atoms with E-state index >= 15 is 0 Å². The van der Waals surface area contributed by atoms with Crippen LogP contribution >= 0.6 is 0 Å². The Morgan fingerprint density at radius 2 is 2.12 bits per heavy atom. The summed E-state index contributed by atoms with van der Waals surface area (Å²) in [5.74, 6) is 0.675. The van der Waals surface area contributed by atoms with Crippen molar-refractivity contribution in [3.05, 3.63) is 35.9 Å². The number of piperidine rings is 1. The minimum absolute atomic E-state index is 0.594. The van der Waals surface area contributed by atoms with E-state index in [9.17, 15) is 0 Å². The number of nitrogens with one attached hydrogen (secondary N) is 2. The standard InChI is InChI=1S/C14H22N2/c1-2-9-16-14-11-15-10-8-13(14)12-6-4-3-5-7-12/h3-7,13-16H,2,8-11H2,1H3. The van der Waals surface area contributed by atoms with Gasteiger partial charge in [-0.2, -0.15) is 0 Å². The second-order valence-corrected chi connectivity index (χ2v) is 4.57. The molecule has 88 valence electrons.